The van der Waals surface area contributed by atoms with Crippen molar-refractivity contribution in [1.82, 2.24) is 19.9 Å². The molecule has 0 aliphatic heterocycles. The lowest BCUT2D eigenvalue weighted by Gasteiger charge is -2.10. The molecule has 2 heterocycles. The molecular formula is C13H18N4. The molecule has 0 atom stereocenters. The van der Waals surface area contributed by atoms with Gasteiger partial charge in [0.05, 0.1) is 0 Å². The van der Waals surface area contributed by atoms with Crippen LogP contribution < -0.4 is 5.32 Å². The molecule has 2 aromatic heterocycles. The fourth-order valence-corrected chi connectivity index (χ4v) is 1.79. The second-order valence-corrected chi connectivity index (χ2v) is 4.01. The van der Waals surface area contributed by atoms with Crippen LogP contribution in [0.2, 0.25) is 0 Å². The quantitative estimate of drug-likeness (QED) is 0.800. The summed E-state index contributed by atoms with van der Waals surface area (Å²) in [4.78, 5) is 8.68. The van der Waals surface area contributed by atoms with E-state index in [0.29, 0.717) is 0 Å². The molecule has 0 fully saturated rings. The summed E-state index contributed by atoms with van der Waals surface area (Å²) in [6.07, 6.45) is 6.70. The lowest BCUT2D eigenvalue weighted by Crippen LogP contribution is -2.16. The number of hydrogen-bond acceptors (Lipinski definition) is 3. The average Bonchev–Trinajstić information content (AvgIpc) is 2.76. The van der Waals surface area contributed by atoms with Gasteiger partial charge in [-0.05, 0) is 26.0 Å². The molecule has 0 unspecified atom stereocenters. The monoisotopic (exact) mass is 230 g/mol. The van der Waals surface area contributed by atoms with Crippen molar-refractivity contribution < 1.29 is 0 Å². The number of nitrogens with one attached hydrogen (secondary N) is 1. The smallest absolute Gasteiger partial charge is 0.142 e. The standard InChI is InChI=1S/C13H18N4/c1-3-6-14-10-12-5-4-7-16-13(12)17-9-8-15-11(17)2/h4-5,7-9,14H,3,6,10H2,1-2H3. The van der Waals surface area contributed by atoms with Crippen molar-refractivity contribution in [2.24, 2.45) is 0 Å². The Labute approximate surface area is 102 Å². The van der Waals surface area contributed by atoms with Crippen molar-refractivity contribution in [3.05, 3.63) is 42.1 Å². The van der Waals surface area contributed by atoms with Gasteiger partial charge in [-0.15, -0.1) is 0 Å². The maximum Gasteiger partial charge on any atom is 0.142 e. The van der Waals surface area contributed by atoms with Crippen LogP contribution in [-0.4, -0.2) is 21.1 Å². The van der Waals surface area contributed by atoms with Crippen LogP contribution in [0.3, 0.4) is 0 Å². The third-order valence-electron chi connectivity index (χ3n) is 2.66. The van der Waals surface area contributed by atoms with E-state index in [1.165, 1.54) is 5.56 Å². The average molecular weight is 230 g/mol. The molecule has 0 aliphatic carbocycles. The van der Waals surface area contributed by atoms with Crippen molar-refractivity contribution in [2.75, 3.05) is 6.54 Å². The van der Waals surface area contributed by atoms with Gasteiger partial charge in [-0.3, -0.25) is 4.57 Å². The summed E-state index contributed by atoms with van der Waals surface area (Å²) in [6, 6.07) is 4.07. The predicted octanol–water partition coefficient (Wildman–Crippen LogP) is 2.08. The van der Waals surface area contributed by atoms with E-state index in [0.717, 1.165) is 31.2 Å². The van der Waals surface area contributed by atoms with Crippen LogP contribution in [0, 0.1) is 6.92 Å². The molecule has 0 radical (unpaired) electrons. The molecule has 17 heavy (non-hydrogen) atoms. The van der Waals surface area contributed by atoms with Crippen molar-refractivity contribution >= 4 is 0 Å². The van der Waals surface area contributed by atoms with Crippen molar-refractivity contribution in [1.29, 1.82) is 0 Å². The third kappa shape index (κ3) is 2.71. The fraction of sp³-hybridized carbons (Fsp3) is 0.385. The number of aryl methyl sites for hydroxylation is 1. The van der Waals surface area contributed by atoms with Gasteiger partial charge in [0.2, 0.25) is 0 Å². The first kappa shape index (κ1) is 11.8. The van der Waals surface area contributed by atoms with Crippen LogP contribution in [0.1, 0.15) is 24.7 Å². The number of nitrogens with zero attached hydrogens (tertiary/aromatic N) is 3. The molecule has 2 aromatic rings. The predicted molar refractivity (Wildman–Crippen MR) is 68.1 cm³/mol. The van der Waals surface area contributed by atoms with Gasteiger partial charge in [0.25, 0.3) is 0 Å². The minimum Gasteiger partial charge on any atom is -0.313 e. The Morgan fingerprint density at radius 1 is 1.29 bits per heavy atom. The zero-order valence-corrected chi connectivity index (χ0v) is 10.3. The summed E-state index contributed by atoms with van der Waals surface area (Å²) in [7, 11) is 0. The van der Waals surface area contributed by atoms with E-state index in [-0.39, 0.29) is 0 Å². The maximum atomic E-state index is 4.44. The van der Waals surface area contributed by atoms with Crippen LogP contribution >= 0.6 is 0 Å². The third-order valence-corrected chi connectivity index (χ3v) is 2.66. The summed E-state index contributed by atoms with van der Waals surface area (Å²) >= 11 is 0. The van der Waals surface area contributed by atoms with Crippen molar-refractivity contribution in [3.8, 4) is 5.82 Å². The summed E-state index contributed by atoms with van der Waals surface area (Å²) in [5.74, 6) is 1.92. The molecule has 0 aliphatic rings. The normalized spacial score (nSPS) is 10.7. The zero-order chi connectivity index (χ0) is 12.1. The van der Waals surface area contributed by atoms with Crippen LogP contribution in [0.15, 0.2) is 30.7 Å². The number of rotatable bonds is 5. The van der Waals surface area contributed by atoms with E-state index in [4.69, 9.17) is 0 Å². The molecule has 0 spiro atoms. The van der Waals surface area contributed by atoms with E-state index >= 15 is 0 Å². The van der Waals surface area contributed by atoms with E-state index in [9.17, 15) is 0 Å². The molecule has 0 aromatic carbocycles. The first-order valence-corrected chi connectivity index (χ1v) is 5.98. The van der Waals surface area contributed by atoms with Gasteiger partial charge in [-0.2, -0.15) is 0 Å². The number of imidazole rings is 1. The molecule has 0 saturated heterocycles. The highest BCUT2D eigenvalue weighted by Crippen LogP contribution is 2.12. The largest absolute Gasteiger partial charge is 0.313 e. The van der Waals surface area contributed by atoms with E-state index in [1.807, 2.05) is 30.0 Å². The van der Waals surface area contributed by atoms with Gasteiger partial charge in [0, 0.05) is 30.7 Å². The van der Waals surface area contributed by atoms with Crippen LogP contribution in [0.25, 0.3) is 5.82 Å². The van der Waals surface area contributed by atoms with E-state index in [1.54, 1.807) is 6.20 Å². The summed E-state index contributed by atoms with van der Waals surface area (Å²) in [5, 5.41) is 3.40. The molecule has 4 nitrogen and oxygen atoms in total. The Morgan fingerprint density at radius 3 is 2.88 bits per heavy atom. The number of aromatic nitrogens is 3. The minimum absolute atomic E-state index is 0.842. The molecule has 90 valence electrons. The first-order valence-electron chi connectivity index (χ1n) is 5.98. The molecule has 0 bridgehead atoms. The van der Waals surface area contributed by atoms with Crippen LogP contribution in [0.5, 0.6) is 0 Å². The van der Waals surface area contributed by atoms with Gasteiger partial charge in [0.1, 0.15) is 11.6 Å². The van der Waals surface area contributed by atoms with Crippen molar-refractivity contribution in [3.63, 3.8) is 0 Å². The second-order valence-electron chi connectivity index (χ2n) is 4.01. The minimum atomic E-state index is 0.842. The maximum absolute atomic E-state index is 4.44. The Bertz CT molecular complexity index is 476. The highest BCUT2D eigenvalue weighted by molar-refractivity contribution is 5.34. The van der Waals surface area contributed by atoms with Gasteiger partial charge in [0.15, 0.2) is 0 Å². The lowest BCUT2D eigenvalue weighted by molar-refractivity contribution is 0.669. The van der Waals surface area contributed by atoms with Gasteiger partial charge in [-0.1, -0.05) is 13.0 Å². The Kier molecular flexibility index (Phi) is 3.88. The molecule has 0 amide bonds. The molecule has 2 rings (SSSR count). The Balaban J connectivity index is 2.25. The molecular weight excluding hydrogens is 212 g/mol. The molecule has 1 N–H and O–H groups in total. The molecule has 4 heteroatoms. The van der Waals surface area contributed by atoms with Gasteiger partial charge in [-0.25, -0.2) is 9.97 Å². The second kappa shape index (κ2) is 5.59. The molecule has 0 saturated carbocycles. The van der Waals surface area contributed by atoms with E-state index < -0.39 is 0 Å². The number of hydrogen-bond donors (Lipinski definition) is 1. The Morgan fingerprint density at radius 2 is 2.18 bits per heavy atom. The Hall–Kier alpha value is -1.68. The fourth-order valence-electron chi connectivity index (χ4n) is 1.79. The summed E-state index contributed by atoms with van der Waals surface area (Å²) in [5.41, 5.74) is 1.20. The summed E-state index contributed by atoms with van der Waals surface area (Å²) < 4.78 is 2.02. The van der Waals surface area contributed by atoms with E-state index in [2.05, 4.69) is 28.3 Å². The van der Waals surface area contributed by atoms with Crippen LogP contribution in [0.4, 0.5) is 0 Å². The SMILES string of the molecule is CCCNCc1cccnc1-n1ccnc1C. The van der Waals surface area contributed by atoms with Gasteiger partial charge >= 0.3 is 0 Å². The zero-order valence-electron chi connectivity index (χ0n) is 10.3. The number of pyridine rings is 1. The highest BCUT2D eigenvalue weighted by atomic mass is 15.1. The van der Waals surface area contributed by atoms with Crippen molar-refractivity contribution in [2.45, 2.75) is 26.8 Å². The van der Waals surface area contributed by atoms with Crippen LogP contribution in [-0.2, 0) is 6.54 Å². The van der Waals surface area contributed by atoms with Gasteiger partial charge < -0.3 is 5.32 Å². The topological polar surface area (TPSA) is 42.7 Å². The summed E-state index contributed by atoms with van der Waals surface area (Å²) in [6.45, 7) is 6.01. The lowest BCUT2D eigenvalue weighted by atomic mass is 10.2. The first-order chi connectivity index (χ1) is 8.33. The highest BCUT2D eigenvalue weighted by Gasteiger charge is 2.07.